The summed E-state index contributed by atoms with van der Waals surface area (Å²) < 4.78 is 38.3. The molecule has 142 valence electrons. The maximum Gasteiger partial charge on any atom is 0.416 e. The van der Waals surface area contributed by atoms with Crippen molar-refractivity contribution in [1.29, 1.82) is 0 Å². The molecule has 4 rings (SSSR count). The predicted molar refractivity (Wildman–Crippen MR) is 102 cm³/mol. The minimum atomic E-state index is -4.35. The molecule has 1 heterocycles. The van der Waals surface area contributed by atoms with Crippen LogP contribution in [-0.4, -0.2) is 6.03 Å². The maximum atomic E-state index is 12.8. The molecule has 28 heavy (non-hydrogen) atoms. The van der Waals surface area contributed by atoms with Gasteiger partial charge in [0.15, 0.2) is 0 Å². The monoisotopic (exact) mass is 382 g/mol. The molecule has 2 amide bonds. The third-order valence-electron chi connectivity index (χ3n) is 4.77. The van der Waals surface area contributed by atoms with Crippen LogP contribution >= 0.6 is 0 Å². The topological polar surface area (TPSA) is 32.3 Å². The zero-order chi connectivity index (χ0) is 19.7. The van der Waals surface area contributed by atoms with Gasteiger partial charge in [-0.05, 0) is 46.5 Å². The highest BCUT2D eigenvalue weighted by molar-refractivity contribution is 5.95. The van der Waals surface area contributed by atoms with Gasteiger partial charge in [-0.2, -0.15) is 13.2 Å². The van der Waals surface area contributed by atoms with Crippen molar-refractivity contribution in [2.45, 2.75) is 19.3 Å². The summed E-state index contributed by atoms with van der Waals surface area (Å²) in [6.07, 6.45) is -4.35. The number of carbonyl (C=O) groups is 1. The van der Waals surface area contributed by atoms with Crippen molar-refractivity contribution in [3.8, 4) is 11.1 Å². The minimum Gasteiger partial charge on any atom is -0.334 e. The molecule has 3 aromatic carbocycles. The summed E-state index contributed by atoms with van der Waals surface area (Å²) in [5.41, 5.74) is 3.58. The second-order valence-electron chi connectivity index (χ2n) is 6.65. The van der Waals surface area contributed by atoms with E-state index >= 15 is 0 Å². The van der Waals surface area contributed by atoms with E-state index in [1.165, 1.54) is 12.1 Å². The molecule has 0 fully saturated rings. The quantitative estimate of drug-likeness (QED) is 0.628. The van der Waals surface area contributed by atoms with Gasteiger partial charge >= 0.3 is 12.2 Å². The molecule has 0 bridgehead atoms. The fourth-order valence-corrected chi connectivity index (χ4v) is 3.32. The first kappa shape index (κ1) is 18.1. The SMILES string of the molecule is O=C1NCc2cc(-c3ccc(C(F)(F)F)cc3)ccc2N1Cc1ccccc1. The molecule has 1 aliphatic heterocycles. The number of alkyl halides is 3. The van der Waals surface area contributed by atoms with Crippen LogP contribution in [0.4, 0.5) is 23.7 Å². The molecule has 3 aromatic rings. The second-order valence-corrected chi connectivity index (χ2v) is 6.65. The lowest BCUT2D eigenvalue weighted by molar-refractivity contribution is -0.137. The van der Waals surface area contributed by atoms with E-state index in [1.54, 1.807) is 4.90 Å². The molecule has 3 nitrogen and oxygen atoms in total. The standard InChI is InChI=1S/C22H17F3N2O/c23-22(24,25)19-9-6-16(7-10-19)17-8-11-20-18(12-17)13-26-21(28)27(20)14-15-4-2-1-3-5-15/h1-12H,13-14H2,(H,26,28). The van der Waals surface area contributed by atoms with Crippen LogP contribution < -0.4 is 10.2 Å². The van der Waals surface area contributed by atoms with Crippen molar-refractivity contribution < 1.29 is 18.0 Å². The van der Waals surface area contributed by atoms with Gasteiger partial charge in [0.25, 0.3) is 0 Å². The first-order valence-corrected chi connectivity index (χ1v) is 8.82. The summed E-state index contributed by atoms with van der Waals surface area (Å²) in [6, 6.07) is 20.2. The number of anilines is 1. The number of nitrogens with zero attached hydrogens (tertiary/aromatic N) is 1. The average molecular weight is 382 g/mol. The Morgan fingerprint density at radius 3 is 2.25 bits per heavy atom. The van der Waals surface area contributed by atoms with E-state index in [-0.39, 0.29) is 6.03 Å². The van der Waals surface area contributed by atoms with Crippen LogP contribution in [0.25, 0.3) is 11.1 Å². The number of amides is 2. The van der Waals surface area contributed by atoms with Crippen molar-refractivity contribution in [1.82, 2.24) is 5.32 Å². The molecule has 0 aliphatic carbocycles. The number of rotatable bonds is 3. The Balaban J connectivity index is 1.64. The van der Waals surface area contributed by atoms with E-state index < -0.39 is 11.7 Å². The van der Waals surface area contributed by atoms with Crippen LogP contribution in [0.3, 0.4) is 0 Å². The first-order chi connectivity index (χ1) is 13.4. The summed E-state index contributed by atoms with van der Waals surface area (Å²) in [6.45, 7) is 0.827. The van der Waals surface area contributed by atoms with E-state index in [2.05, 4.69) is 5.32 Å². The smallest absolute Gasteiger partial charge is 0.334 e. The molecule has 6 heteroatoms. The maximum absolute atomic E-state index is 12.8. The fourth-order valence-electron chi connectivity index (χ4n) is 3.32. The zero-order valence-electron chi connectivity index (χ0n) is 14.8. The van der Waals surface area contributed by atoms with Gasteiger partial charge in [-0.15, -0.1) is 0 Å². The Hall–Kier alpha value is -3.28. The van der Waals surface area contributed by atoms with Crippen LogP contribution in [0.15, 0.2) is 72.8 Å². The van der Waals surface area contributed by atoms with E-state index in [4.69, 9.17) is 0 Å². The summed E-state index contributed by atoms with van der Waals surface area (Å²) in [4.78, 5) is 14.0. The molecular weight excluding hydrogens is 365 g/mol. The molecular formula is C22H17F3N2O. The molecule has 0 saturated heterocycles. The molecule has 0 spiro atoms. The van der Waals surface area contributed by atoms with Crippen LogP contribution in [0, 0.1) is 0 Å². The molecule has 0 unspecified atom stereocenters. The highest BCUT2D eigenvalue weighted by Crippen LogP contribution is 2.33. The van der Waals surface area contributed by atoms with E-state index in [1.807, 2.05) is 48.5 Å². The fraction of sp³-hybridized carbons (Fsp3) is 0.136. The third kappa shape index (κ3) is 3.58. The van der Waals surface area contributed by atoms with Crippen molar-refractivity contribution in [2.75, 3.05) is 4.90 Å². The number of benzene rings is 3. The van der Waals surface area contributed by atoms with Crippen LogP contribution in [0.1, 0.15) is 16.7 Å². The molecule has 1 N–H and O–H groups in total. The van der Waals surface area contributed by atoms with E-state index in [9.17, 15) is 18.0 Å². The number of hydrogen-bond donors (Lipinski definition) is 1. The Labute approximate surface area is 160 Å². The number of nitrogens with one attached hydrogen (secondary N) is 1. The van der Waals surface area contributed by atoms with Gasteiger partial charge in [0, 0.05) is 6.54 Å². The lowest BCUT2D eigenvalue weighted by Gasteiger charge is -2.30. The van der Waals surface area contributed by atoms with Gasteiger partial charge in [0.05, 0.1) is 17.8 Å². The molecule has 0 aromatic heterocycles. The highest BCUT2D eigenvalue weighted by atomic mass is 19.4. The highest BCUT2D eigenvalue weighted by Gasteiger charge is 2.30. The van der Waals surface area contributed by atoms with E-state index in [0.717, 1.165) is 34.5 Å². The number of fused-ring (bicyclic) bond motifs is 1. The van der Waals surface area contributed by atoms with Gasteiger partial charge in [0.1, 0.15) is 0 Å². The Morgan fingerprint density at radius 2 is 1.57 bits per heavy atom. The predicted octanol–water partition coefficient (Wildman–Crippen LogP) is 5.60. The largest absolute Gasteiger partial charge is 0.416 e. The Kier molecular flexibility index (Phi) is 4.55. The average Bonchev–Trinajstić information content (AvgIpc) is 2.70. The summed E-state index contributed by atoms with van der Waals surface area (Å²) >= 11 is 0. The molecule has 0 saturated carbocycles. The van der Waals surface area contributed by atoms with Gasteiger partial charge in [-0.25, -0.2) is 4.79 Å². The van der Waals surface area contributed by atoms with Gasteiger partial charge in [-0.3, -0.25) is 4.90 Å². The van der Waals surface area contributed by atoms with Crippen molar-refractivity contribution in [3.05, 3.63) is 89.5 Å². The molecule has 0 atom stereocenters. The number of carbonyl (C=O) groups excluding carboxylic acids is 1. The molecule has 0 radical (unpaired) electrons. The summed E-state index contributed by atoms with van der Waals surface area (Å²) in [5, 5.41) is 2.85. The van der Waals surface area contributed by atoms with Crippen molar-refractivity contribution >= 4 is 11.7 Å². The van der Waals surface area contributed by atoms with Crippen LogP contribution in [-0.2, 0) is 19.3 Å². The number of halogens is 3. The minimum absolute atomic E-state index is 0.168. The third-order valence-corrected chi connectivity index (χ3v) is 4.77. The normalized spacial score (nSPS) is 13.8. The first-order valence-electron chi connectivity index (χ1n) is 8.82. The van der Waals surface area contributed by atoms with E-state index in [0.29, 0.717) is 18.7 Å². The Morgan fingerprint density at radius 1 is 0.893 bits per heavy atom. The number of hydrogen-bond acceptors (Lipinski definition) is 1. The van der Waals surface area contributed by atoms with Crippen molar-refractivity contribution in [3.63, 3.8) is 0 Å². The van der Waals surface area contributed by atoms with Crippen LogP contribution in [0.5, 0.6) is 0 Å². The zero-order valence-corrected chi connectivity index (χ0v) is 14.8. The van der Waals surface area contributed by atoms with Gasteiger partial charge < -0.3 is 5.32 Å². The van der Waals surface area contributed by atoms with Gasteiger partial charge in [-0.1, -0.05) is 48.5 Å². The summed E-state index contributed by atoms with van der Waals surface area (Å²) in [7, 11) is 0. The lowest BCUT2D eigenvalue weighted by Crippen LogP contribution is -2.43. The molecule has 1 aliphatic rings. The van der Waals surface area contributed by atoms with Crippen molar-refractivity contribution in [2.24, 2.45) is 0 Å². The Bertz CT molecular complexity index is 999. The lowest BCUT2D eigenvalue weighted by atomic mass is 9.99. The van der Waals surface area contributed by atoms with Crippen LogP contribution in [0.2, 0.25) is 0 Å². The number of urea groups is 1. The summed E-state index contributed by atoms with van der Waals surface area (Å²) in [5.74, 6) is 0. The van der Waals surface area contributed by atoms with Gasteiger partial charge in [0.2, 0.25) is 0 Å². The second kappa shape index (κ2) is 7.03.